The molecule has 80 valence electrons. The Bertz CT molecular complexity index is 333. The van der Waals surface area contributed by atoms with Crippen LogP contribution >= 0.6 is 0 Å². The van der Waals surface area contributed by atoms with E-state index in [1.165, 1.54) is 44.3 Å². The molecule has 0 aromatic carbocycles. The maximum absolute atomic E-state index is 4.44. The van der Waals surface area contributed by atoms with E-state index < -0.39 is 0 Å². The van der Waals surface area contributed by atoms with Gasteiger partial charge in [0.25, 0.3) is 0 Å². The lowest BCUT2D eigenvalue weighted by Crippen LogP contribution is -2.49. The van der Waals surface area contributed by atoms with Crippen LogP contribution in [0.3, 0.4) is 0 Å². The molecule has 4 bridgehead atoms. The zero-order valence-corrected chi connectivity index (χ0v) is 8.95. The van der Waals surface area contributed by atoms with E-state index in [1.54, 1.807) is 6.33 Å². The van der Waals surface area contributed by atoms with Crippen molar-refractivity contribution in [2.75, 3.05) is 0 Å². The molecule has 5 rings (SSSR count). The molecule has 0 spiro atoms. The van der Waals surface area contributed by atoms with E-state index in [-0.39, 0.29) is 0 Å². The minimum Gasteiger partial charge on any atom is -0.263 e. The second-order valence-electron chi connectivity index (χ2n) is 6.03. The normalized spacial score (nSPS) is 47.3. The first-order valence-corrected chi connectivity index (χ1v) is 6.20. The van der Waals surface area contributed by atoms with Crippen LogP contribution in [0.4, 0.5) is 0 Å². The maximum atomic E-state index is 4.44. The van der Waals surface area contributed by atoms with Gasteiger partial charge in [0, 0.05) is 5.41 Å². The zero-order chi connectivity index (χ0) is 9.88. The Hall–Kier alpha value is -0.860. The van der Waals surface area contributed by atoms with Gasteiger partial charge in [0.05, 0.1) is 0 Å². The minimum absolute atomic E-state index is 0.394. The molecule has 4 aliphatic carbocycles. The molecule has 4 aliphatic rings. The third kappa shape index (κ3) is 1.06. The highest BCUT2D eigenvalue weighted by atomic mass is 15.2. The van der Waals surface area contributed by atoms with Crippen LogP contribution in [0.25, 0.3) is 0 Å². The Kier molecular flexibility index (Phi) is 1.46. The number of aromatic amines is 1. The smallest absolute Gasteiger partial charge is 0.137 e. The minimum atomic E-state index is 0.394. The Balaban J connectivity index is 1.77. The molecule has 3 nitrogen and oxygen atoms in total. The van der Waals surface area contributed by atoms with Crippen molar-refractivity contribution < 1.29 is 0 Å². The Morgan fingerprint density at radius 1 is 1.07 bits per heavy atom. The molecule has 4 saturated carbocycles. The first-order valence-electron chi connectivity index (χ1n) is 6.20. The quantitative estimate of drug-likeness (QED) is 0.760. The van der Waals surface area contributed by atoms with Crippen LogP contribution in [-0.4, -0.2) is 15.2 Å². The van der Waals surface area contributed by atoms with Crippen LogP contribution in [0, 0.1) is 17.8 Å². The van der Waals surface area contributed by atoms with Crippen molar-refractivity contribution in [3.05, 3.63) is 12.2 Å². The van der Waals surface area contributed by atoms with Crippen LogP contribution < -0.4 is 0 Å². The van der Waals surface area contributed by atoms with Gasteiger partial charge in [-0.3, -0.25) is 5.10 Å². The van der Waals surface area contributed by atoms with E-state index >= 15 is 0 Å². The monoisotopic (exact) mass is 203 g/mol. The van der Waals surface area contributed by atoms with Crippen LogP contribution in [0.2, 0.25) is 0 Å². The van der Waals surface area contributed by atoms with E-state index in [0.29, 0.717) is 5.41 Å². The molecular formula is C12H17N3. The molecule has 0 radical (unpaired) electrons. The maximum Gasteiger partial charge on any atom is 0.137 e. The van der Waals surface area contributed by atoms with Crippen LogP contribution in [0.15, 0.2) is 6.33 Å². The number of nitrogens with zero attached hydrogens (tertiary/aromatic N) is 2. The van der Waals surface area contributed by atoms with E-state index in [0.717, 1.165) is 17.8 Å². The van der Waals surface area contributed by atoms with Gasteiger partial charge in [-0.25, -0.2) is 4.98 Å². The fraction of sp³-hybridized carbons (Fsp3) is 0.833. The van der Waals surface area contributed by atoms with Crippen molar-refractivity contribution in [3.8, 4) is 0 Å². The lowest BCUT2D eigenvalue weighted by Gasteiger charge is -2.55. The zero-order valence-electron chi connectivity index (χ0n) is 8.95. The summed E-state index contributed by atoms with van der Waals surface area (Å²) in [7, 11) is 0. The molecule has 0 amide bonds. The van der Waals surface area contributed by atoms with Gasteiger partial charge in [-0.15, -0.1) is 0 Å². The highest BCUT2D eigenvalue weighted by Crippen LogP contribution is 2.59. The van der Waals surface area contributed by atoms with Crippen molar-refractivity contribution in [3.63, 3.8) is 0 Å². The fourth-order valence-corrected chi connectivity index (χ4v) is 4.86. The second kappa shape index (κ2) is 2.63. The van der Waals surface area contributed by atoms with E-state index in [1.807, 2.05) is 0 Å². The molecular weight excluding hydrogens is 186 g/mol. The Morgan fingerprint density at radius 2 is 1.67 bits per heavy atom. The third-order valence-corrected chi connectivity index (χ3v) is 4.96. The van der Waals surface area contributed by atoms with Gasteiger partial charge in [-0.1, -0.05) is 0 Å². The highest BCUT2D eigenvalue weighted by molar-refractivity contribution is 5.15. The molecule has 1 aromatic rings. The summed E-state index contributed by atoms with van der Waals surface area (Å²) in [6.07, 6.45) is 10.3. The van der Waals surface area contributed by atoms with Crippen LogP contribution in [0.5, 0.6) is 0 Å². The van der Waals surface area contributed by atoms with Crippen molar-refractivity contribution in [1.29, 1.82) is 0 Å². The first kappa shape index (κ1) is 8.31. The fourth-order valence-electron chi connectivity index (χ4n) is 4.86. The average Bonchev–Trinajstić information content (AvgIpc) is 2.67. The van der Waals surface area contributed by atoms with Crippen molar-refractivity contribution >= 4 is 0 Å². The predicted molar refractivity (Wildman–Crippen MR) is 56.2 cm³/mol. The highest BCUT2D eigenvalue weighted by Gasteiger charge is 2.52. The summed E-state index contributed by atoms with van der Waals surface area (Å²) in [5.41, 5.74) is 0.394. The number of aromatic nitrogens is 3. The summed E-state index contributed by atoms with van der Waals surface area (Å²) >= 11 is 0. The van der Waals surface area contributed by atoms with E-state index in [4.69, 9.17) is 0 Å². The molecule has 0 unspecified atom stereocenters. The summed E-state index contributed by atoms with van der Waals surface area (Å²) in [6.45, 7) is 0. The van der Waals surface area contributed by atoms with Gasteiger partial charge in [0.1, 0.15) is 12.2 Å². The van der Waals surface area contributed by atoms with Gasteiger partial charge in [0.2, 0.25) is 0 Å². The molecule has 1 N–H and O–H groups in total. The standard InChI is InChI=1S/C12H17N3/c1-8-2-10-3-9(1)5-12(4-8,6-10)11-13-7-14-15-11/h7-10H,1-6H2,(H,13,14,15). The van der Waals surface area contributed by atoms with Crippen molar-refractivity contribution in [2.24, 2.45) is 17.8 Å². The van der Waals surface area contributed by atoms with Gasteiger partial charge in [-0.05, 0) is 56.3 Å². The summed E-state index contributed by atoms with van der Waals surface area (Å²) in [6, 6.07) is 0. The van der Waals surface area contributed by atoms with E-state index in [9.17, 15) is 0 Å². The largest absolute Gasteiger partial charge is 0.263 e. The number of hydrogen-bond acceptors (Lipinski definition) is 2. The molecule has 15 heavy (non-hydrogen) atoms. The summed E-state index contributed by atoms with van der Waals surface area (Å²) in [5.74, 6) is 4.14. The molecule has 0 saturated heterocycles. The lowest BCUT2D eigenvalue weighted by atomic mass is 9.49. The number of H-pyrrole nitrogens is 1. The lowest BCUT2D eigenvalue weighted by molar-refractivity contribution is -0.00922. The molecule has 1 heterocycles. The SMILES string of the molecule is c1n[nH]c(C23CC4CC(CC(C4)C2)C3)n1. The second-order valence-corrected chi connectivity index (χ2v) is 6.03. The van der Waals surface area contributed by atoms with Crippen molar-refractivity contribution in [1.82, 2.24) is 15.2 Å². The van der Waals surface area contributed by atoms with Crippen molar-refractivity contribution in [2.45, 2.75) is 43.9 Å². The number of rotatable bonds is 1. The summed E-state index contributed by atoms with van der Waals surface area (Å²) in [5, 5.41) is 7.18. The molecule has 0 aliphatic heterocycles. The van der Waals surface area contributed by atoms with E-state index in [2.05, 4.69) is 15.2 Å². The van der Waals surface area contributed by atoms with Crippen LogP contribution in [-0.2, 0) is 5.41 Å². The Labute approximate surface area is 89.7 Å². The van der Waals surface area contributed by atoms with Gasteiger partial charge >= 0.3 is 0 Å². The molecule has 0 atom stereocenters. The average molecular weight is 203 g/mol. The molecule has 1 aromatic heterocycles. The molecule has 3 heteroatoms. The summed E-state index contributed by atoms with van der Waals surface area (Å²) in [4.78, 5) is 4.44. The molecule has 4 fully saturated rings. The van der Waals surface area contributed by atoms with Gasteiger partial charge in [-0.2, -0.15) is 5.10 Å². The number of hydrogen-bond donors (Lipinski definition) is 1. The number of nitrogens with one attached hydrogen (secondary N) is 1. The van der Waals surface area contributed by atoms with Gasteiger partial charge in [0.15, 0.2) is 0 Å². The van der Waals surface area contributed by atoms with Crippen LogP contribution in [0.1, 0.15) is 44.3 Å². The summed E-state index contributed by atoms with van der Waals surface area (Å²) < 4.78 is 0. The Morgan fingerprint density at radius 3 is 2.13 bits per heavy atom. The predicted octanol–water partition coefficient (Wildman–Crippen LogP) is 2.27. The van der Waals surface area contributed by atoms with Gasteiger partial charge < -0.3 is 0 Å². The third-order valence-electron chi connectivity index (χ3n) is 4.96. The first-order chi connectivity index (χ1) is 7.34. The topological polar surface area (TPSA) is 41.6 Å².